The second kappa shape index (κ2) is 5.28. The molecule has 1 unspecified atom stereocenters. The molecule has 0 N–H and O–H groups in total. The summed E-state index contributed by atoms with van der Waals surface area (Å²) in [5.74, 6) is 0.639. The van der Waals surface area contributed by atoms with E-state index in [4.69, 9.17) is 9.16 Å². The van der Waals surface area contributed by atoms with Crippen molar-refractivity contribution in [1.29, 1.82) is 0 Å². The Kier molecular flexibility index (Phi) is 4.61. The molecular weight excluding hydrogens is 192 g/mol. The third-order valence-electron chi connectivity index (χ3n) is 2.74. The van der Waals surface area contributed by atoms with E-state index < -0.39 is 8.32 Å². The van der Waals surface area contributed by atoms with Crippen LogP contribution in [0.25, 0.3) is 0 Å². The molecule has 1 fully saturated rings. The molecular formula is C11H24O2Si. The van der Waals surface area contributed by atoms with Crippen LogP contribution in [0.5, 0.6) is 0 Å². The van der Waals surface area contributed by atoms with Crippen LogP contribution in [0, 0.1) is 5.92 Å². The van der Waals surface area contributed by atoms with Crippen molar-refractivity contribution in [2.24, 2.45) is 5.92 Å². The van der Waals surface area contributed by atoms with Gasteiger partial charge in [0.2, 0.25) is 0 Å². The smallest absolute Gasteiger partial charge is 0.187 e. The molecule has 0 aliphatic heterocycles. The topological polar surface area (TPSA) is 18.5 Å². The normalized spacial score (nSPS) is 22.3. The summed E-state index contributed by atoms with van der Waals surface area (Å²) in [6.07, 6.45) is 6.70. The van der Waals surface area contributed by atoms with Crippen molar-refractivity contribution in [2.45, 2.75) is 58.0 Å². The van der Waals surface area contributed by atoms with Gasteiger partial charge >= 0.3 is 0 Å². The zero-order chi connectivity index (χ0) is 10.6. The van der Waals surface area contributed by atoms with Crippen LogP contribution in [0.15, 0.2) is 0 Å². The van der Waals surface area contributed by atoms with E-state index in [-0.39, 0.29) is 6.29 Å². The molecule has 0 spiro atoms. The van der Waals surface area contributed by atoms with Gasteiger partial charge in [-0.25, -0.2) is 0 Å². The van der Waals surface area contributed by atoms with E-state index in [1.807, 2.05) is 0 Å². The molecule has 0 saturated heterocycles. The quantitative estimate of drug-likeness (QED) is 0.530. The second-order valence-electron chi connectivity index (χ2n) is 5.23. The summed E-state index contributed by atoms with van der Waals surface area (Å²) in [4.78, 5) is 0. The van der Waals surface area contributed by atoms with Crippen LogP contribution in [-0.4, -0.2) is 21.7 Å². The van der Waals surface area contributed by atoms with E-state index in [1.165, 1.54) is 32.1 Å². The fraction of sp³-hybridized carbons (Fsp3) is 1.00. The largest absolute Gasteiger partial charge is 0.393 e. The van der Waals surface area contributed by atoms with Gasteiger partial charge in [0.15, 0.2) is 8.32 Å². The second-order valence-corrected chi connectivity index (χ2v) is 9.69. The minimum atomic E-state index is -1.45. The molecule has 0 aromatic heterocycles. The molecule has 0 aromatic rings. The molecule has 0 aromatic carbocycles. The van der Waals surface area contributed by atoms with E-state index in [9.17, 15) is 0 Å². The molecule has 2 nitrogen and oxygen atoms in total. The molecule has 1 atom stereocenters. The van der Waals surface area contributed by atoms with E-state index in [0.717, 1.165) is 0 Å². The number of ether oxygens (including phenoxy) is 1. The van der Waals surface area contributed by atoms with Gasteiger partial charge in [-0.2, -0.15) is 0 Å². The van der Waals surface area contributed by atoms with E-state index in [2.05, 4.69) is 19.6 Å². The Labute approximate surface area is 89.1 Å². The fourth-order valence-electron chi connectivity index (χ4n) is 2.09. The lowest BCUT2D eigenvalue weighted by molar-refractivity contribution is -0.106. The average molecular weight is 216 g/mol. The highest BCUT2D eigenvalue weighted by atomic mass is 28.4. The standard InChI is InChI=1S/C11H24O2Si/c1-12-11(13-14(2,3)4)10-8-6-5-7-9-10/h10-11H,5-9H2,1-4H3. The first kappa shape index (κ1) is 12.2. The Morgan fingerprint density at radius 2 is 1.64 bits per heavy atom. The predicted octanol–water partition coefficient (Wildman–Crippen LogP) is 3.39. The van der Waals surface area contributed by atoms with Gasteiger partial charge in [-0.05, 0) is 32.5 Å². The minimum Gasteiger partial charge on any atom is -0.393 e. The maximum Gasteiger partial charge on any atom is 0.187 e. The van der Waals surface area contributed by atoms with E-state index >= 15 is 0 Å². The summed E-state index contributed by atoms with van der Waals surface area (Å²) in [7, 11) is 0.327. The first-order chi connectivity index (χ1) is 6.53. The highest BCUT2D eigenvalue weighted by Gasteiger charge is 2.28. The number of hydrogen-bond acceptors (Lipinski definition) is 2. The first-order valence-electron chi connectivity index (χ1n) is 5.73. The lowest BCUT2D eigenvalue weighted by atomic mass is 9.89. The van der Waals surface area contributed by atoms with Gasteiger partial charge in [0.25, 0.3) is 0 Å². The highest BCUT2D eigenvalue weighted by molar-refractivity contribution is 6.69. The van der Waals surface area contributed by atoms with Crippen LogP contribution in [0.1, 0.15) is 32.1 Å². The zero-order valence-corrected chi connectivity index (χ0v) is 11.0. The average Bonchev–Trinajstić information content (AvgIpc) is 2.14. The maximum absolute atomic E-state index is 6.04. The van der Waals surface area contributed by atoms with Crippen molar-refractivity contribution in [3.63, 3.8) is 0 Å². The molecule has 1 rings (SSSR count). The van der Waals surface area contributed by atoms with Gasteiger partial charge in [0.05, 0.1) is 0 Å². The molecule has 3 heteroatoms. The van der Waals surface area contributed by atoms with Crippen molar-refractivity contribution in [3.05, 3.63) is 0 Å². The van der Waals surface area contributed by atoms with Crippen molar-refractivity contribution in [3.8, 4) is 0 Å². The van der Waals surface area contributed by atoms with Crippen LogP contribution in [-0.2, 0) is 9.16 Å². The fourth-order valence-corrected chi connectivity index (χ4v) is 3.08. The molecule has 14 heavy (non-hydrogen) atoms. The summed E-state index contributed by atoms with van der Waals surface area (Å²) in [6, 6.07) is 0. The summed E-state index contributed by atoms with van der Waals surface area (Å²) < 4.78 is 11.5. The van der Waals surface area contributed by atoms with E-state index in [1.54, 1.807) is 7.11 Å². The SMILES string of the molecule is COC(O[Si](C)(C)C)C1CCCCC1. The van der Waals surface area contributed by atoms with Crippen molar-refractivity contribution >= 4 is 8.32 Å². The summed E-state index contributed by atoms with van der Waals surface area (Å²) in [6.45, 7) is 6.67. The van der Waals surface area contributed by atoms with Gasteiger partial charge in [0, 0.05) is 13.0 Å². The number of hydrogen-bond donors (Lipinski definition) is 0. The molecule has 0 heterocycles. The predicted molar refractivity (Wildman–Crippen MR) is 61.8 cm³/mol. The van der Waals surface area contributed by atoms with Crippen LogP contribution >= 0.6 is 0 Å². The minimum absolute atomic E-state index is 0.0574. The third kappa shape index (κ3) is 4.11. The van der Waals surface area contributed by atoms with Gasteiger partial charge in [0.1, 0.15) is 6.29 Å². The lowest BCUT2D eigenvalue weighted by Crippen LogP contribution is -2.38. The van der Waals surface area contributed by atoms with Crippen molar-refractivity contribution < 1.29 is 9.16 Å². The van der Waals surface area contributed by atoms with Gasteiger partial charge in [-0.15, -0.1) is 0 Å². The Hall–Kier alpha value is 0.137. The molecule has 0 amide bonds. The Bertz CT molecular complexity index is 159. The molecule has 1 aliphatic rings. The number of rotatable bonds is 4. The molecule has 0 radical (unpaired) electrons. The van der Waals surface area contributed by atoms with Gasteiger partial charge in [-0.3, -0.25) is 0 Å². The third-order valence-corrected chi connectivity index (χ3v) is 3.68. The van der Waals surface area contributed by atoms with Gasteiger partial charge in [-0.1, -0.05) is 19.3 Å². The molecule has 84 valence electrons. The highest BCUT2D eigenvalue weighted by Crippen LogP contribution is 2.29. The molecule has 1 saturated carbocycles. The van der Waals surface area contributed by atoms with Crippen LogP contribution in [0.2, 0.25) is 19.6 Å². The molecule has 0 bridgehead atoms. The summed E-state index contributed by atoms with van der Waals surface area (Å²) in [5.41, 5.74) is 0. The monoisotopic (exact) mass is 216 g/mol. The first-order valence-corrected chi connectivity index (χ1v) is 9.14. The van der Waals surface area contributed by atoms with Crippen molar-refractivity contribution in [2.75, 3.05) is 7.11 Å². The Morgan fingerprint density at radius 3 is 2.07 bits per heavy atom. The lowest BCUT2D eigenvalue weighted by Gasteiger charge is -2.33. The summed E-state index contributed by atoms with van der Waals surface area (Å²) >= 11 is 0. The van der Waals surface area contributed by atoms with Crippen LogP contribution in [0.3, 0.4) is 0 Å². The molecule has 1 aliphatic carbocycles. The van der Waals surface area contributed by atoms with Gasteiger partial charge < -0.3 is 9.16 Å². The zero-order valence-electron chi connectivity index (χ0n) is 10.0. The van der Waals surface area contributed by atoms with Crippen molar-refractivity contribution in [1.82, 2.24) is 0 Å². The van der Waals surface area contributed by atoms with Crippen LogP contribution in [0.4, 0.5) is 0 Å². The maximum atomic E-state index is 6.04. The summed E-state index contributed by atoms with van der Waals surface area (Å²) in [5, 5.41) is 0. The van der Waals surface area contributed by atoms with E-state index in [0.29, 0.717) is 5.92 Å². The number of methoxy groups -OCH3 is 1. The Balaban J connectivity index is 2.43. The Morgan fingerprint density at radius 1 is 1.07 bits per heavy atom. The van der Waals surface area contributed by atoms with Crippen LogP contribution < -0.4 is 0 Å².